The first-order valence-electron chi connectivity index (χ1n) is 6.81. The second-order valence-corrected chi connectivity index (χ2v) is 5.06. The fraction of sp³-hybridized carbons (Fsp3) is 0.333. The zero-order chi connectivity index (χ0) is 16.5. The van der Waals surface area contributed by atoms with Gasteiger partial charge in [-0.05, 0) is 12.0 Å². The van der Waals surface area contributed by atoms with Crippen molar-refractivity contribution in [3.8, 4) is 0 Å². The number of amides is 2. The van der Waals surface area contributed by atoms with E-state index in [9.17, 15) is 14.4 Å². The summed E-state index contributed by atoms with van der Waals surface area (Å²) in [6.07, 6.45) is 0.901. The predicted molar refractivity (Wildman–Crippen MR) is 81.6 cm³/mol. The van der Waals surface area contributed by atoms with Crippen LogP contribution in [0.15, 0.2) is 29.4 Å². The summed E-state index contributed by atoms with van der Waals surface area (Å²) in [4.78, 5) is 33.9. The van der Waals surface area contributed by atoms with Gasteiger partial charge in [0.25, 0.3) is 0 Å². The Bertz CT molecular complexity index is 582. The minimum absolute atomic E-state index is 0.0789. The number of hydrazone groups is 1. The molecule has 0 saturated carbocycles. The molecule has 0 spiro atoms. The van der Waals surface area contributed by atoms with E-state index in [4.69, 9.17) is 5.11 Å². The third kappa shape index (κ3) is 6.17. The number of hydrogen-bond donors (Lipinski definition) is 3. The molecule has 2 amide bonds. The van der Waals surface area contributed by atoms with Gasteiger partial charge in [0.1, 0.15) is 6.42 Å². The summed E-state index contributed by atoms with van der Waals surface area (Å²) in [5.74, 6) is -1.73. The number of nitrogens with one attached hydrogen (secondary N) is 2. The third-order valence-corrected chi connectivity index (χ3v) is 2.61. The number of carboxylic acids is 1. The van der Waals surface area contributed by atoms with Gasteiger partial charge in [0.15, 0.2) is 0 Å². The highest BCUT2D eigenvalue weighted by Gasteiger charge is 2.09. The van der Waals surface area contributed by atoms with Crippen LogP contribution in [0, 0.1) is 5.92 Å². The fourth-order valence-corrected chi connectivity index (χ4v) is 1.54. The number of nitrogens with zero attached hydrogens (tertiary/aromatic N) is 1. The molecule has 1 aromatic carbocycles. The Morgan fingerprint density at radius 2 is 1.91 bits per heavy atom. The van der Waals surface area contributed by atoms with E-state index in [1.54, 1.807) is 18.2 Å². The van der Waals surface area contributed by atoms with Gasteiger partial charge in [-0.3, -0.25) is 9.59 Å². The first kappa shape index (κ1) is 17.4. The Kier molecular flexibility index (Phi) is 6.75. The van der Waals surface area contributed by atoms with Gasteiger partial charge in [-0.15, -0.1) is 0 Å². The van der Waals surface area contributed by atoms with Crippen LogP contribution in [0.4, 0.5) is 0 Å². The molecule has 0 saturated heterocycles. The van der Waals surface area contributed by atoms with Gasteiger partial charge in [-0.25, -0.2) is 10.2 Å². The minimum Gasteiger partial charge on any atom is -0.478 e. The van der Waals surface area contributed by atoms with Crippen LogP contribution in [0.1, 0.15) is 36.2 Å². The van der Waals surface area contributed by atoms with Crippen molar-refractivity contribution in [2.45, 2.75) is 20.3 Å². The average Bonchev–Trinajstić information content (AvgIpc) is 2.45. The maximum atomic E-state index is 11.5. The second kappa shape index (κ2) is 8.56. The molecule has 0 heterocycles. The predicted octanol–water partition coefficient (Wildman–Crippen LogP) is 0.997. The quantitative estimate of drug-likeness (QED) is 0.396. The molecule has 1 rings (SSSR count). The van der Waals surface area contributed by atoms with Crippen LogP contribution >= 0.6 is 0 Å². The molecule has 7 heteroatoms. The molecule has 0 atom stereocenters. The van der Waals surface area contributed by atoms with Crippen molar-refractivity contribution in [3.05, 3.63) is 35.4 Å². The minimum atomic E-state index is -1.08. The first-order chi connectivity index (χ1) is 10.4. The summed E-state index contributed by atoms with van der Waals surface area (Å²) in [7, 11) is 0. The van der Waals surface area contributed by atoms with Crippen molar-refractivity contribution in [2.75, 3.05) is 6.54 Å². The Morgan fingerprint density at radius 3 is 2.55 bits per heavy atom. The molecule has 0 fully saturated rings. The third-order valence-electron chi connectivity index (χ3n) is 2.61. The lowest BCUT2D eigenvalue weighted by Gasteiger charge is -2.06. The van der Waals surface area contributed by atoms with Crippen LogP contribution in [-0.2, 0) is 9.59 Å². The lowest BCUT2D eigenvalue weighted by molar-refractivity contribution is -0.129. The van der Waals surface area contributed by atoms with E-state index in [0.717, 1.165) is 0 Å². The van der Waals surface area contributed by atoms with Gasteiger partial charge in [0, 0.05) is 12.1 Å². The zero-order valence-electron chi connectivity index (χ0n) is 12.5. The zero-order valence-corrected chi connectivity index (χ0v) is 12.5. The largest absolute Gasteiger partial charge is 0.478 e. The maximum absolute atomic E-state index is 11.5. The van der Waals surface area contributed by atoms with Crippen LogP contribution < -0.4 is 10.7 Å². The molecule has 22 heavy (non-hydrogen) atoms. The highest BCUT2D eigenvalue weighted by Crippen LogP contribution is 2.05. The highest BCUT2D eigenvalue weighted by molar-refractivity contribution is 5.99. The van der Waals surface area contributed by atoms with Gasteiger partial charge in [-0.2, -0.15) is 5.10 Å². The van der Waals surface area contributed by atoms with Crippen LogP contribution in [0.3, 0.4) is 0 Å². The Morgan fingerprint density at radius 1 is 1.23 bits per heavy atom. The van der Waals surface area contributed by atoms with Crippen molar-refractivity contribution in [3.63, 3.8) is 0 Å². The van der Waals surface area contributed by atoms with E-state index in [-0.39, 0.29) is 17.9 Å². The van der Waals surface area contributed by atoms with Gasteiger partial charge >= 0.3 is 5.97 Å². The standard InChI is InChI=1S/C15H19N3O4/c1-10(2)8-16-13(19)7-14(20)18-17-9-11-5-3-4-6-12(11)15(21)22/h3-6,9-10H,7-8H2,1-2H3,(H,16,19)(H,18,20)(H,21,22)/b17-9+. The molecule has 0 aliphatic carbocycles. The summed E-state index contributed by atoms with van der Waals surface area (Å²) >= 11 is 0. The van der Waals surface area contributed by atoms with Crippen LogP contribution in [0.25, 0.3) is 0 Å². The molecule has 0 aliphatic rings. The van der Waals surface area contributed by atoms with Crippen molar-refractivity contribution in [2.24, 2.45) is 11.0 Å². The molecule has 0 aromatic heterocycles. The van der Waals surface area contributed by atoms with E-state index in [1.807, 2.05) is 13.8 Å². The summed E-state index contributed by atoms with van der Waals surface area (Å²) < 4.78 is 0. The SMILES string of the molecule is CC(C)CNC(=O)CC(=O)N/N=C/c1ccccc1C(=O)O. The van der Waals surface area contributed by atoms with Crippen molar-refractivity contribution >= 4 is 24.0 Å². The van der Waals surface area contributed by atoms with Gasteiger partial charge in [-0.1, -0.05) is 32.0 Å². The van der Waals surface area contributed by atoms with E-state index >= 15 is 0 Å². The number of carbonyl (C=O) groups is 3. The van der Waals surface area contributed by atoms with E-state index in [1.165, 1.54) is 12.3 Å². The molecule has 7 nitrogen and oxygen atoms in total. The van der Waals surface area contributed by atoms with Gasteiger partial charge < -0.3 is 10.4 Å². The highest BCUT2D eigenvalue weighted by atomic mass is 16.4. The lowest BCUT2D eigenvalue weighted by atomic mass is 10.1. The summed E-state index contributed by atoms with van der Waals surface area (Å²) in [5, 5.41) is 15.3. The number of benzene rings is 1. The molecular formula is C15H19N3O4. The number of hydrogen-bond acceptors (Lipinski definition) is 4. The van der Waals surface area contributed by atoms with Gasteiger partial charge in [0.05, 0.1) is 11.8 Å². The maximum Gasteiger partial charge on any atom is 0.336 e. The van der Waals surface area contributed by atoms with Crippen LogP contribution in [0.2, 0.25) is 0 Å². The van der Waals surface area contributed by atoms with E-state index in [2.05, 4.69) is 15.8 Å². The topological polar surface area (TPSA) is 108 Å². The van der Waals surface area contributed by atoms with Crippen molar-refractivity contribution < 1.29 is 19.5 Å². The lowest BCUT2D eigenvalue weighted by Crippen LogP contribution is -2.32. The number of carboxylic acid groups (broad SMARTS) is 1. The Hall–Kier alpha value is -2.70. The molecule has 0 radical (unpaired) electrons. The molecule has 118 valence electrons. The summed E-state index contributed by atoms with van der Waals surface area (Å²) in [6, 6.07) is 6.26. The summed E-state index contributed by atoms with van der Waals surface area (Å²) in [5.41, 5.74) is 2.63. The first-order valence-corrected chi connectivity index (χ1v) is 6.81. The van der Waals surface area contributed by atoms with Gasteiger partial charge in [0.2, 0.25) is 11.8 Å². The van der Waals surface area contributed by atoms with E-state index < -0.39 is 11.9 Å². The molecular weight excluding hydrogens is 286 g/mol. The number of aromatic carboxylic acids is 1. The number of rotatable bonds is 7. The molecule has 3 N–H and O–H groups in total. The molecule has 1 aromatic rings. The molecule has 0 unspecified atom stereocenters. The molecule has 0 aliphatic heterocycles. The van der Waals surface area contributed by atoms with Crippen LogP contribution in [0.5, 0.6) is 0 Å². The smallest absolute Gasteiger partial charge is 0.336 e. The normalized spacial score (nSPS) is 10.7. The second-order valence-electron chi connectivity index (χ2n) is 5.06. The Balaban J connectivity index is 2.50. The average molecular weight is 305 g/mol. The summed E-state index contributed by atoms with van der Waals surface area (Å²) in [6.45, 7) is 4.40. The monoisotopic (exact) mass is 305 g/mol. The Labute approximate surface area is 128 Å². The van der Waals surface area contributed by atoms with Crippen molar-refractivity contribution in [1.29, 1.82) is 0 Å². The van der Waals surface area contributed by atoms with E-state index in [0.29, 0.717) is 18.0 Å². The van der Waals surface area contributed by atoms with Crippen molar-refractivity contribution in [1.82, 2.24) is 10.7 Å². The molecule has 0 bridgehead atoms. The fourth-order valence-electron chi connectivity index (χ4n) is 1.54. The number of carbonyl (C=O) groups excluding carboxylic acids is 2. The van der Waals surface area contributed by atoms with Crippen LogP contribution in [-0.4, -0.2) is 35.6 Å².